The first-order chi connectivity index (χ1) is 3.31. The molecule has 0 radical (unpaired) electrons. The van der Waals surface area contributed by atoms with E-state index < -0.39 is 0 Å². The van der Waals surface area contributed by atoms with Crippen molar-refractivity contribution in [2.75, 3.05) is 7.05 Å². The van der Waals surface area contributed by atoms with Crippen LogP contribution in [0.3, 0.4) is 0 Å². The number of hydroxylamine groups is 1. The lowest BCUT2D eigenvalue weighted by molar-refractivity contribution is -0.120. The summed E-state index contributed by atoms with van der Waals surface area (Å²) in [4.78, 5) is 14.3. The summed E-state index contributed by atoms with van der Waals surface area (Å²) in [5.74, 6) is 0. The van der Waals surface area contributed by atoms with Crippen molar-refractivity contribution < 1.29 is 9.63 Å². The number of carbonyl (C=O) groups is 1. The van der Waals surface area contributed by atoms with Crippen molar-refractivity contribution in [3.63, 3.8) is 0 Å². The van der Waals surface area contributed by atoms with Crippen LogP contribution in [0.2, 0.25) is 0 Å². The van der Waals surface area contributed by atoms with E-state index in [9.17, 15) is 4.79 Å². The third-order valence-electron chi connectivity index (χ3n) is 0.495. The molecule has 0 saturated heterocycles. The lowest BCUT2D eigenvalue weighted by Crippen LogP contribution is -2.18. The van der Waals surface area contributed by atoms with Gasteiger partial charge in [0.05, 0.1) is 0 Å². The molecule has 0 aromatic carbocycles. The summed E-state index contributed by atoms with van der Waals surface area (Å²) >= 11 is 0. The molecule has 0 aliphatic heterocycles. The fourth-order valence-electron chi connectivity index (χ4n) is 0.214. The summed E-state index contributed by atoms with van der Waals surface area (Å²) in [6, 6.07) is 0. The minimum atomic E-state index is -0.343. The Kier molecular flexibility index (Phi) is 3.55. The van der Waals surface area contributed by atoms with Crippen molar-refractivity contribution in [2.45, 2.75) is 13.0 Å². The topological polar surface area (TPSA) is 38.3 Å². The molecule has 1 unspecified atom stereocenters. The van der Waals surface area contributed by atoms with Crippen molar-refractivity contribution in [3.05, 3.63) is 0 Å². The summed E-state index contributed by atoms with van der Waals surface area (Å²) < 4.78 is 0. The largest absolute Gasteiger partial charge is 0.300 e. The van der Waals surface area contributed by atoms with Gasteiger partial charge < -0.3 is 4.79 Å². The zero-order valence-electron chi connectivity index (χ0n) is 4.47. The van der Waals surface area contributed by atoms with Crippen LogP contribution in [-0.2, 0) is 9.63 Å². The van der Waals surface area contributed by atoms with Crippen molar-refractivity contribution in [3.8, 4) is 0 Å². The van der Waals surface area contributed by atoms with Gasteiger partial charge in [-0.25, -0.2) is 5.48 Å². The van der Waals surface area contributed by atoms with Gasteiger partial charge in [-0.3, -0.25) is 4.84 Å². The van der Waals surface area contributed by atoms with Gasteiger partial charge in [0.2, 0.25) is 0 Å². The summed E-state index contributed by atoms with van der Waals surface area (Å²) in [7, 11) is 1.61. The van der Waals surface area contributed by atoms with E-state index in [0.29, 0.717) is 0 Å². The average molecular weight is 103 g/mol. The van der Waals surface area contributed by atoms with Gasteiger partial charge in [0, 0.05) is 7.05 Å². The molecule has 7 heavy (non-hydrogen) atoms. The van der Waals surface area contributed by atoms with E-state index in [1.54, 1.807) is 14.0 Å². The Morgan fingerprint density at radius 1 is 1.86 bits per heavy atom. The van der Waals surface area contributed by atoms with Crippen molar-refractivity contribution in [1.82, 2.24) is 5.48 Å². The Hall–Kier alpha value is -0.410. The second-order valence-electron chi connectivity index (χ2n) is 1.16. The van der Waals surface area contributed by atoms with Crippen LogP contribution in [0.25, 0.3) is 0 Å². The molecule has 42 valence electrons. The maximum absolute atomic E-state index is 9.73. The first kappa shape index (κ1) is 6.59. The molecule has 1 atom stereocenters. The predicted octanol–water partition coefficient (Wildman–Crippen LogP) is -0.275. The minimum Gasteiger partial charge on any atom is -0.300 e. The standard InChI is InChI=1S/C4H9NO2/c1-4(3-6)7-5-2/h3-5H,1-2H3. The zero-order chi connectivity index (χ0) is 5.70. The fourth-order valence-corrected chi connectivity index (χ4v) is 0.214. The molecule has 0 aliphatic carbocycles. The zero-order valence-corrected chi connectivity index (χ0v) is 4.47. The van der Waals surface area contributed by atoms with Crippen LogP contribution < -0.4 is 5.48 Å². The molecular weight excluding hydrogens is 94.0 g/mol. The summed E-state index contributed by atoms with van der Waals surface area (Å²) in [6.45, 7) is 1.66. The van der Waals surface area contributed by atoms with Crippen LogP contribution >= 0.6 is 0 Å². The number of carbonyl (C=O) groups excluding carboxylic acids is 1. The summed E-state index contributed by atoms with van der Waals surface area (Å²) in [5.41, 5.74) is 2.39. The Morgan fingerprint density at radius 2 is 2.43 bits per heavy atom. The smallest absolute Gasteiger partial charge is 0.150 e. The highest BCUT2D eigenvalue weighted by atomic mass is 16.7. The van der Waals surface area contributed by atoms with E-state index in [1.165, 1.54) is 0 Å². The van der Waals surface area contributed by atoms with Crippen molar-refractivity contribution in [1.29, 1.82) is 0 Å². The van der Waals surface area contributed by atoms with Gasteiger partial charge in [0.15, 0.2) is 6.29 Å². The average Bonchev–Trinajstić information content (AvgIpc) is 1.68. The highest BCUT2D eigenvalue weighted by Crippen LogP contribution is 1.75. The number of hydrogen-bond acceptors (Lipinski definition) is 3. The van der Waals surface area contributed by atoms with Gasteiger partial charge in [-0.15, -0.1) is 0 Å². The molecule has 0 bridgehead atoms. The minimum absolute atomic E-state index is 0.343. The van der Waals surface area contributed by atoms with Crippen molar-refractivity contribution >= 4 is 6.29 Å². The second kappa shape index (κ2) is 3.77. The summed E-state index contributed by atoms with van der Waals surface area (Å²) in [6.07, 6.45) is 0.376. The quantitative estimate of drug-likeness (QED) is 0.394. The number of rotatable bonds is 3. The lowest BCUT2D eigenvalue weighted by atomic mass is 10.5. The SMILES string of the molecule is CNOC(C)C=O. The molecule has 0 fully saturated rings. The number of aldehydes is 1. The maximum atomic E-state index is 9.73. The third-order valence-corrected chi connectivity index (χ3v) is 0.495. The molecule has 0 heterocycles. The Balaban J connectivity index is 2.98. The van der Waals surface area contributed by atoms with E-state index in [0.717, 1.165) is 6.29 Å². The predicted molar refractivity (Wildman–Crippen MR) is 25.7 cm³/mol. The van der Waals surface area contributed by atoms with E-state index >= 15 is 0 Å². The van der Waals surface area contributed by atoms with Gasteiger partial charge in [0.1, 0.15) is 6.10 Å². The van der Waals surface area contributed by atoms with E-state index in [2.05, 4.69) is 10.3 Å². The van der Waals surface area contributed by atoms with Gasteiger partial charge in [-0.2, -0.15) is 0 Å². The molecule has 3 nitrogen and oxygen atoms in total. The number of nitrogens with one attached hydrogen (secondary N) is 1. The van der Waals surface area contributed by atoms with Crippen LogP contribution in [0.15, 0.2) is 0 Å². The maximum Gasteiger partial charge on any atom is 0.150 e. The van der Waals surface area contributed by atoms with Crippen LogP contribution in [0, 0.1) is 0 Å². The van der Waals surface area contributed by atoms with Crippen LogP contribution in [0.5, 0.6) is 0 Å². The molecule has 0 aromatic heterocycles. The molecule has 0 saturated carbocycles. The molecule has 0 aromatic rings. The first-order valence-electron chi connectivity index (χ1n) is 2.09. The Bertz CT molecular complexity index is 55.7. The highest BCUT2D eigenvalue weighted by Gasteiger charge is 1.92. The number of hydrogen-bond donors (Lipinski definition) is 1. The summed E-state index contributed by atoms with van der Waals surface area (Å²) in [5, 5.41) is 0. The highest BCUT2D eigenvalue weighted by molar-refractivity contribution is 5.54. The normalized spacial score (nSPS) is 13.4. The third kappa shape index (κ3) is 3.42. The molecule has 0 spiro atoms. The van der Waals surface area contributed by atoms with E-state index in [-0.39, 0.29) is 6.10 Å². The Morgan fingerprint density at radius 3 is 2.57 bits per heavy atom. The molecule has 0 rings (SSSR count). The van der Waals surface area contributed by atoms with Crippen molar-refractivity contribution in [2.24, 2.45) is 0 Å². The lowest BCUT2D eigenvalue weighted by Gasteiger charge is -1.99. The molecule has 3 heteroatoms. The van der Waals surface area contributed by atoms with E-state index in [1.807, 2.05) is 0 Å². The first-order valence-corrected chi connectivity index (χ1v) is 2.09. The molecule has 0 aliphatic rings. The van der Waals surface area contributed by atoms with Gasteiger partial charge in [-0.05, 0) is 6.92 Å². The van der Waals surface area contributed by atoms with E-state index in [4.69, 9.17) is 0 Å². The second-order valence-corrected chi connectivity index (χ2v) is 1.16. The molecule has 1 N–H and O–H groups in total. The molecular formula is C4H9NO2. The van der Waals surface area contributed by atoms with Crippen LogP contribution in [0.4, 0.5) is 0 Å². The van der Waals surface area contributed by atoms with Crippen LogP contribution in [-0.4, -0.2) is 19.4 Å². The fraction of sp³-hybridized carbons (Fsp3) is 0.750. The van der Waals surface area contributed by atoms with Gasteiger partial charge in [-0.1, -0.05) is 0 Å². The molecule has 0 amide bonds. The van der Waals surface area contributed by atoms with Gasteiger partial charge >= 0.3 is 0 Å². The van der Waals surface area contributed by atoms with Crippen LogP contribution in [0.1, 0.15) is 6.92 Å². The van der Waals surface area contributed by atoms with Gasteiger partial charge in [0.25, 0.3) is 0 Å². The monoisotopic (exact) mass is 103 g/mol. The Labute approximate surface area is 42.6 Å².